The van der Waals surface area contributed by atoms with E-state index in [1.807, 2.05) is 0 Å². The molecule has 1 aliphatic heterocycles. The van der Waals surface area contributed by atoms with Crippen LogP contribution in [0.2, 0.25) is 0 Å². The van der Waals surface area contributed by atoms with Crippen molar-refractivity contribution in [2.45, 2.75) is 31.8 Å². The monoisotopic (exact) mass is 525 g/mol. The van der Waals surface area contributed by atoms with Crippen LogP contribution in [0.5, 0.6) is 0 Å². The minimum atomic E-state index is -1.39. The van der Waals surface area contributed by atoms with E-state index < -0.39 is 53.2 Å². The SMILES string of the molecule is CC1=C(C(=O)Nc2ccc(C(=O)NC(CCC(=O)O)C(=O)O)cc2)C(c2ccc([N+](=O)[O-])cc2)NC(=O)N1. The van der Waals surface area contributed by atoms with Gasteiger partial charge in [0.2, 0.25) is 0 Å². The number of nitro groups is 1. The zero-order valence-corrected chi connectivity index (χ0v) is 19.9. The molecule has 3 rings (SSSR count). The quantitative estimate of drug-likeness (QED) is 0.197. The Balaban J connectivity index is 1.74. The summed E-state index contributed by atoms with van der Waals surface area (Å²) in [5, 5.41) is 39.0. The van der Waals surface area contributed by atoms with Crippen LogP contribution in [0.4, 0.5) is 16.2 Å². The predicted molar refractivity (Wildman–Crippen MR) is 131 cm³/mol. The zero-order valence-electron chi connectivity index (χ0n) is 19.9. The van der Waals surface area contributed by atoms with Crippen LogP contribution in [0.25, 0.3) is 0 Å². The van der Waals surface area contributed by atoms with Crippen molar-refractivity contribution in [1.82, 2.24) is 16.0 Å². The van der Waals surface area contributed by atoms with E-state index >= 15 is 0 Å². The number of carboxylic acids is 2. The standard InChI is InChI=1S/C24H23N5O9/c1-12-19(20(28-24(36)25-12)13-4-8-16(9-5-13)29(37)38)22(33)26-15-6-2-14(3-7-15)21(32)27-17(23(34)35)10-11-18(30)31/h2-9,17,20H,10-11H2,1H3,(H,26,33)(H,27,32)(H,30,31)(H,34,35)(H2,25,28,36). The number of benzene rings is 2. The van der Waals surface area contributed by atoms with Gasteiger partial charge in [-0.05, 0) is 55.3 Å². The number of hydrogen-bond acceptors (Lipinski definition) is 7. The fourth-order valence-corrected chi connectivity index (χ4v) is 3.70. The maximum absolute atomic E-state index is 13.1. The molecule has 2 unspecified atom stereocenters. The van der Waals surface area contributed by atoms with Crippen molar-refractivity contribution in [3.05, 3.63) is 81.0 Å². The van der Waals surface area contributed by atoms with E-state index in [1.54, 1.807) is 0 Å². The highest BCUT2D eigenvalue weighted by Gasteiger charge is 2.31. The Kier molecular flexibility index (Phi) is 8.37. The molecule has 0 radical (unpaired) electrons. The molecule has 198 valence electrons. The second kappa shape index (κ2) is 11.6. The second-order valence-corrected chi connectivity index (χ2v) is 8.25. The van der Waals surface area contributed by atoms with E-state index in [0.717, 1.165) is 0 Å². The average molecular weight is 525 g/mol. The largest absolute Gasteiger partial charge is 0.481 e. The first-order chi connectivity index (χ1) is 18.0. The van der Waals surface area contributed by atoms with Crippen LogP contribution in [-0.4, -0.2) is 51.0 Å². The molecule has 1 aliphatic rings. The Bertz CT molecular complexity index is 1320. The summed E-state index contributed by atoms with van der Waals surface area (Å²) in [5.74, 6) is -3.89. The summed E-state index contributed by atoms with van der Waals surface area (Å²) < 4.78 is 0. The van der Waals surface area contributed by atoms with E-state index in [-0.39, 0.29) is 34.6 Å². The van der Waals surface area contributed by atoms with E-state index in [9.17, 15) is 39.2 Å². The highest BCUT2D eigenvalue weighted by molar-refractivity contribution is 6.07. The van der Waals surface area contributed by atoms with Crippen LogP contribution in [0.3, 0.4) is 0 Å². The number of rotatable bonds is 10. The summed E-state index contributed by atoms with van der Waals surface area (Å²) in [6, 6.07) is 8.05. The van der Waals surface area contributed by atoms with Crippen LogP contribution in [-0.2, 0) is 14.4 Å². The third-order valence-corrected chi connectivity index (χ3v) is 5.61. The van der Waals surface area contributed by atoms with E-state index in [0.29, 0.717) is 5.56 Å². The minimum Gasteiger partial charge on any atom is -0.481 e. The fraction of sp³-hybridized carbons (Fsp3) is 0.208. The summed E-state index contributed by atoms with van der Waals surface area (Å²) in [6.45, 7) is 1.53. The molecule has 2 atom stereocenters. The molecule has 2 aromatic carbocycles. The Morgan fingerprint density at radius 2 is 1.66 bits per heavy atom. The third-order valence-electron chi connectivity index (χ3n) is 5.61. The van der Waals surface area contributed by atoms with Crippen LogP contribution < -0.4 is 21.3 Å². The van der Waals surface area contributed by atoms with Gasteiger partial charge in [-0.2, -0.15) is 0 Å². The number of carboxylic acid groups (broad SMARTS) is 2. The summed E-state index contributed by atoms with van der Waals surface area (Å²) in [7, 11) is 0. The molecule has 4 amide bonds. The Morgan fingerprint density at radius 1 is 1.03 bits per heavy atom. The lowest BCUT2D eigenvalue weighted by molar-refractivity contribution is -0.384. The van der Waals surface area contributed by atoms with Gasteiger partial charge in [-0.3, -0.25) is 24.5 Å². The Hall–Kier alpha value is -5.27. The number of urea groups is 1. The summed E-state index contributed by atoms with van der Waals surface area (Å²) in [4.78, 5) is 70.0. The molecule has 0 saturated carbocycles. The molecule has 0 aliphatic carbocycles. The highest BCUT2D eigenvalue weighted by atomic mass is 16.6. The number of non-ortho nitro benzene ring substituents is 1. The lowest BCUT2D eigenvalue weighted by atomic mass is 9.94. The highest BCUT2D eigenvalue weighted by Crippen LogP contribution is 2.29. The molecule has 14 nitrogen and oxygen atoms in total. The first-order valence-corrected chi connectivity index (χ1v) is 11.2. The number of amides is 4. The Labute approximate surface area is 214 Å². The van der Waals surface area contributed by atoms with Crippen molar-refractivity contribution in [3.63, 3.8) is 0 Å². The average Bonchev–Trinajstić information content (AvgIpc) is 2.86. The number of nitro benzene ring substituents is 1. The van der Waals surface area contributed by atoms with Gasteiger partial charge in [0, 0.05) is 35.5 Å². The third kappa shape index (κ3) is 6.69. The van der Waals surface area contributed by atoms with Crippen LogP contribution in [0, 0.1) is 10.1 Å². The molecule has 1 heterocycles. The minimum absolute atomic E-state index is 0.0790. The number of allylic oxidation sites excluding steroid dienone is 1. The molecular formula is C24H23N5O9. The smallest absolute Gasteiger partial charge is 0.326 e. The molecule has 0 fully saturated rings. The first kappa shape index (κ1) is 27.3. The van der Waals surface area contributed by atoms with Crippen molar-refractivity contribution in [1.29, 1.82) is 0 Å². The van der Waals surface area contributed by atoms with Crippen LogP contribution in [0.15, 0.2) is 59.8 Å². The van der Waals surface area contributed by atoms with Gasteiger partial charge in [0.15, 0.2) is 0 Å². The van der Waals surface area contributed by atoms with Gasteiger partial charge in [-0.1, -0.05) is 0 Å². The number of carbonyl (C=O) groups is 5. The van der Waals surface area contributed by atoms with Gasteiger partial charge in [-0.15, -0.1) is 0 Å². The zero-order chi connectivity index (χ0) is 28.0. The lowest BCUT2D eigenvalue weighted by Crippen LogP contribution is -2.45. The number of nitrogens with zero attached hydrogens (tertiary/aromatic N) is 1. The van der Waals surface area contributed by atoms with Crippen molar-refractivity contribution >= 4 is 41.2 Å². The van der Waals surface area contributed by atoms with Gasteiger partial charge >= 0.3 is 18.0 Å². The fourth-order valence-electron chi connectivity index (χ4n) is 3.70. The van der Waals surface area contributed by atoms with Gasteiger partial charge in [0.05, 0.1) is 16.5 Å². The maximum atomic E-state index is 13.1. The molecule has 38 heavy (non-hydrogen) atoms. The molecule has 0 spiro atoms. The maximum Gasteiger partial charge on any atom is 0.326 e. The summed E-state index contributed by atoms with van der Waals surface area (Å²) in [6.07, 6.45) is -0.729. The summed E-state index contributed by atoms with van der Waals surface area (Å²) >= 11 is 0. The molecule has 0 bridgehead atoms. The van der Waals surface area contributed by atoms with Crippen LogP contribution >= 0.6 is 0 Å². The Morgan fingerprint density at radius 3 is 2.21 bits per heavy atom. The number of hydrogen-bond donors (Lipinski definition) is 6. The molecule has 2 aromatic rings. The van der Waals surface area contributed by atoms with Crippen molar-refractivity contribution in [2.75, 3.05) is 5.32 Å². The molecule has 6 N–H and O–H groups in total. The van der Waals surface area contributed by atoms with Crippen LogP contribution in [0.1, 0.15) is 41.7 Å². The van der Waals surface area contributed by atoms with Gasteiger partial charge in [0.1, 0.15) is 6.04 Å². The van der Waals surface area contributed by atoms with Crippen molar-refractivity contribution < 1.29 is 39.1 Å². The van der Waals surface area contributed by atoms with E-state index in [4.69, 9.17) is 5.11 Å². The van der Waals surface area contributed by atoms with E-state index in [1.165, 1.54) is 55.5 Å². The van der Waals surface area contributed by atoms with E-state index in [2.05, 4.69) is 21.3 Å². The number of carbonyl (C=O) groups excluding carboxylic acids is 3. The van der Waals surface area contributed by atoms with Crippen molar-refractivity contribution in [2.24, 2.45) is 0 Å². The first-order valence-electron chi connectivity index (χ1n) is 11.2. The van der Waals surface area contributed by atoms with Gasteiger partial charge in [-0.25, -0.2) is 9.59 Å². The van der Waals surface area contributed by atoms with Gasteiger partial charge in [0.25, 0.3) is 17.5 Å². The predicted octanol–water partition coefficient (Wildman–Crippen LogP) is 1.91. The molecular weight excluding hydrogens is 502 g/mol. The molecule has 14 heteroatoms. The van der Waals surface area contributed by atoms with Gasteiger partial charge < -0.3 is 31.5 Å². The number of anilines is 1. The van der Waals surface area contributed by atoms with Crippen molar-refractivity contribution in [3.8, 4) is 0 Å². The number of nitrogens with one attached hydrogen (secondary N) is 4. The lowest BCUT2D eigenvalue weighted by Gasteiger charge is -2.28. The normalized spacial score (nSPS) is 15.5. The molecule has 0 saturated heterocycles. The second-order valence-electron chi connectivity index (χ2n) is 8.25. The molecule has 0 aromatic heterocycles. The topological polar surface area (TPSA) is 217 Å². The summed E-state index contributed by atoms with van der Waals surface area (Å²) in [5.41, 5.74) is 1.08. The number of aliphatic carboxylic acids is 2.